The summed E-state index contributed by atoms with van der Waals surface area (Å²) < 4.78 is 36.2. The lowest BCUT2D eigenvalue weighted by Crippen LogP contribution is -2.68. The summed E-state index contributed by atoms with van der Waals surface area (Å²) in [6.45, 7) is 0. The third-order valence-corrected chi connectivity index (χ3v) is 3.52. The molecule has 2 heterocycles. The van der Waals surface area contributed by atoms with Gasteiger partial charge in [0.1, 0.15) is 0 Å². The minimum atomic E-state index is -4.94. The van der Waals surface area contributed by atoms with Crippen LogP contribution >= 0.6 is 0 Å². The molecule has 0 saturated heterocycles. The lowest BCUT2D eigenvalue weighted by Gasteiger charge is -2.17. The lowest BCUT2D eigenvalue weighted by atomic mass is 10.0. The van der Waals surface area contributed by atoms with Gasteiger partial charge in [-0.2, -0.15) is 4.40 Å². The molecule has 0 bridgehead atoms. The van der Waals surface area contributed by atoms with Gasteiger partial charge in [0.25, 0.3) is 0 Å². The van der Waals surface area contributed by atoms with E-state index in [4.69, 9.17) is 18.6 Å². The first-order valence-corrected chi connectivity index (χ1v) is 8.00. The topological polar surface area (TPSA) is 96.3 Å². The molecule has 5 nitrogen and oxygen atoms in total. The van der Waals surface area contributed by atoms with E-state index in [0.29, 0.717) is 0 Å². The molecule has 2 aromatic carbocycles. The molecule has 0 atom stereocenters. The minimum Gasteiger partial charge on any atom is -0.222 e. The fraction of sp³-hybridized carbons (Fsp3) is 0. The van der Waals surface area contributed by atoms with Gasteiger partial charge in [0.05, 0.1) is 10.8 Å². The average Bonchev–Trinajstić information content (AvgIpc) is 2.54. The molecule has 0 fully saturated rings. The van der Waals surface area contributed by atoms with Crippen LogP contribution in [-0.2, 0) is 0 Å². The van der Waals surface area contributed by atoms with Gasteiger partial charge in [-0.15, -0.1) is 10.2 Å². The van der Waals surface area contributed by atoms with Gasteiger partial charge in [-0.3, -0.25) is 0 Å². The quantitative estimate of drug-likeness (QED) is 0.304. The molecule has 116 valence electrons. The Kier molecular flexibility index (Phi) is 4.12. The van der Waals surface area contributed by atoms with Crippen molar-refractivity contribution >= 4 is 27.2 Å². The number of pyridine rings is 2. The van der Waals surface area contributed by atoms with Crippen LogP contribution in [0.5, 0.6) is 0 Å². The molecule has 0 aliphatic rings. The van der Waals surface area contributed by atoms with Gasteiger partial charge >= 0.3 is 0 Å². The van der Waals surface area contributed by atoms with Crippen LogP contribution in [0.3, 0.4) is 0 Å². The molecule has 0 N–H and O–H groups in total. The lowest BCUT2D eigenvalue weighted by molar-refractivity contribution is -2.00. The number of rotatable bonds is 0. The number of hydrogen-bond donors (Lipinski definition) is 0. The summed E-state index contributed by atoms with van der Waals surface area (Å²) in [6, 6.07) is 23.5. The highest BCUT2D eigenvalue weighted by Gasteiger charge is 2.13. The van der Waals surface area contributed by atoms with E-state index in [-0.39, 0.29) is 0 Å². The first kappa shape index (κ1) is 15.6. The number of fused-ring (bicyclic) bond motifs is 6. The van der Waals surface area contributed by atoms with E-state index < -0.39 is 10.2 Å². The summed E-state index contributed by atoms with van der Waals surface area (Å²) in [5, 5.41) is 3.92. The van der Waals surface area contributed by atoms with Crippen molar-refractivity contribution in [2.45, 2.75) is 0 Å². The number of halogens is 1. The smallest absolute Gasteiger partial charge is 0.219 e. The maximum Gasteiger partial charge on any atom is 0.219 e. The summed E-state index contributed by atoms with van der Waals surface area (Å²) in [7, 11) is -4.94. The fourth-order valence-electron chi connectivity index (χ4n) is 2.73. The van der Waals surface area contributed by atoms with Gasteiger partial charge in [0.2, 0.25) is 11.0 Å². The Hall–Kier alpha value is -2.28. The van der Waals surface area contributed by atoms with Crippen molar-refractivity contribution in [1.82, 2.24) is 0 Å². The molecule has 0 aliphatic heterocycles. The highest BCUT2D eigenvalue weighted by Crippen LogP contribution is 2.25. The minimum absolute atomic E-state index is 1.26. The highest BCUT2D eigenvalue weighted by molar-refractivity contribution is 6.09. The van der Waals surface area contributed by atoms with Gasteiger partial charge in [0.15, 0.2) is 6.20 Å². The third kappa shape index (κ3) is 3.39. The summed E-state index contributed by atoms with van der Waals surface area (Å²) in [5.74, 6) is 0. The average molecular weight is 330 g/mol. The van der Waals surface area contributed by atoms with Crippen molar-refractivity contribution in [3.8, 4) is 0 Å². The van der Waals surface area contributed by atoms with Crippen LogP contribution < -0.4 is 23.0 Å². The zero-order valence-electron chi connectivity index (χ0n) is 11.9. The first-order chi connectivity index (χ1) is 10.9. The molecule has 0 unspecified atom stereocenters. The van der Waals surface area contributed by atoms with Gasteiger partial charge < -0.3 is 0 Å². The molecular weight excluding hydrogens is 318 g/mol. The Bertz CT molecular complexity index is 755. The van der Waals surface area contributed by atoms with E-state index >= 15 is 0 Å². The largest absolute Gasteiger partial charge is 0.222 e. The summed E-state index contributed by atoms with van der Waals surface area (Å²) in [4.78, 5) is 0. The second-order valence-corrected chi connectivity index (χ2v) is 5.65. The van der Waals surface area contributed by atoms with E-state index in [1.165, 1.54) is 27.2 Å². The van der Waals surface area contributed by atoms with Crippen LogP contribution in [0, 0.1) is 10.2 Å². The predicted molar refractivity (Wildman–Crippen MR) is 74.6 cm³/mol. The predicted octanol–water partition coefficient (Wildman–Crippen LogP) is -1.02. The van der Waals surface area contributed by atoms with Crippen molar-refractivity contribution in [2.24, 2.45) is 0 Å². The van der Waals surface area contributed by atoms with Crippen LogP contribution in [0.15, 0.2) is 72.9 Å². The van der Waals surface area contributed by atoms with Crippen LogP contribution in [0.1, 0.15) is 0 Å². The van der Waals surface area contributed by atoms with Crippen LogP contribution in [0.4, 0.5) is 0 Å². The van der Waals surface area contributed by atoms with Gasteiger partial charge in [-0.25, -0.2) is 18.6 Å². The first-order valence-electron chi connectivity index (χ1n) is 6.77. The second-order valence-electron chi connectivity index (χ2n) is 4.90. The van der Waals surface area contributed by atoms with Crippen molar-refractivity contribution in [3.63, 3.8) is 0 Å². The molecule has 4 rings (SSSR count). The molecule has 0 saturated carbocycles. The van der Waals surface area contributed by atoms with Crippen molar-refractivity contribution < 1.29 is 33.3 Å². The number of nitrogens with zero attached hydrogens (tertiary/aromatic N) is 1. The van der Waals surface area contributed by atoms with Crippen LogP contribution in [0.2, 0.25) is 0 Å². The second kappa shape index (κ2) is 6.08. The van der Waals surface area contributed by atoms with E-state index in [1.807, 2.05) is 0 Å². The maximum atomic E-state index is 8.49. The van der Waals surface area contributed by atoms with Gasteiger partial charge in [-0.05, 0) is 18.2 Å². The SMILES string of the molecule is [O-][Cl+3]([O-])([O-])[O-].c1ccc2c(c1)c1ccccc1[n+]1ccccc21. The van der Waals surface area contributed by atoms with Gasteiger partial charge in [0, 0.05) is 23.6 Å². The zero-order valence-corrected chi connectivity index (χ0v) is 12.6. The summed E-state index contributed by atoms with van der Waals surface area (Å²) in [6.07, 6.45) is 2.13. The van der Waals surface area contributed by atoms with E-state index in [2.05, 4.69) is 77.3 Å². The monoisotopic (exact) mass is 329 g/mol. The molecule has 0 spiro atoms. The highest BCUT2D eigenvalue weighted by atomic mass is 35.7. The molecule has 0 aliphatic carbocycles. The number of para-hydroxylation sites is 1. The molecule has 6 heteroatoms. The number of aromatic nitrogens is 1. The Morgan fingerprint density at radius 3 is 1.48 bits per heavy atom. The molecule has 23 heavy (non-hydrogen) atoms. The molecular formula is C17H12ClNO4. The Morgan fingerprint density at radius 1 is 0.565 bits per heavy atom. The van der Waals surface area contributed by atoms with E-state index in [0.717, 1.165) is 0 Å². The Balaban J connectivity index is 0.000000276. The standard InChI is InChI=1S/C17H12N.ClHO4/c1-2-8-14-13(7-1)15-9-3-4-10-16(15)18-12-6-5-11-17(14)18;2-1(3,4)5/h1-12H;(H,2,3,4,5)/q+1;/p-1. The molecule has 0 radical (unpaired) electrons. The Morgan fingerprint density at radius 2 is 0.957 bits per heavy atom. The molecule has 4 aromatic rings. The van der Waals surface area contributed by atoms with Crippen LogP contribution in [0.25, 0.3) is 27.2 Å². The number of benzene rings is 2. The van der Waals surface area contributed by atoms with E-state index in [9.17, 15) is 0 Å². The van der Waals surface area contributed by atoms with Crippen molar-refractivity contribution in [2.75, 3.05) is 0 Å². The van der Waals surface area contributed by atoms with Crippen molar-refractivity contribution in [3.05, 3.63) is 72.9 Å². The maximum absolute atomic E-state index is 8.49. The summed E-state index contributed by atoms with van der Waals surface area (Å²) in [5.41, 5.74) is 2.51. The van der Waals surface area contributed by atoms with E-state index in [1.54, 1.807) is 0 Å². The normalized spacial score (nSPS) is 11.5. The fourth-order valence-corrected chi connectivity index (χ4v) is 2.73. The Labute approximate surface area is 134 Å². The van der Waals surface area contributed by atoms with Crippen LogP contribution in [-0.4, -0.2) is 0 Å². The number of hydrogen-bond acceptors (Lipinski definition) is 4. The van der Waals surface area contributed by atoms with Gasteiger partial charge in [-0.1, -0.05) is 30.3 Å². The zero-order chi connectivity index (χ0) is 16.4. The third-order valence-electron chi connectivity index (χ3n) is 3.52. The van der Waals surface area contributed by atoms with Crippen molar-refractivity contribution in [1.29, 1.82) is 0 Å². The summed E-state index contributed by atoms with van der Waals surface area (Å²) >= 11 is 0. The molecule has 2 aromatic heterocycles. The molecule has 0 amide bonds.